The third-order valence-electron chi connectivity index (χ3n) is 6.37. The summed E-state index contributed by atoms with van der Waals surface area (Å²) in [5.74, 6) is 0.537. The molecule has 1 aliphatic heterocycles. The number of rotatable bonds is 5. The lowest BCUT2D eigenvalue weighted by Crippen LogP contribution is -2.40. The number of hydrogen-bond donors (Lipinski definition) is 0. The largest absolute Gasteiger partial charge is 0.383 e. The number of benzene rings is 2. The quantitative estimate of drug-likeness (QED) is 0.470. The second-order valence-corrected chi connectivity index (χ2v) is 8.36. The molecule has 1 atom stereocenters. The van der Waals surface area contributed by atoms with E-state index in [0.29, 0.717) is 30.3 Å². The van der Waals surface area contributed by atoms with Crippen LogP contribution in [0.15, 0.2) is 57.2 Å². The number of methoxy groups -OCH3 is 1. The normalized spacial score (nSPS) is 15.8. The van der Waals surface area contributed by atoms with Crippen LogP contribution in [0.1, 0.15) is 25.5 Å². The highest BCUT2D eigenvalue weighted by Crippen LogP contribution is 2.29. The van der Waals surface area contributed by atoms with Gasteiger partial charge in [0.25, 0.3) is 5.56 Å². The number of nitrogens with zero attached hydrogens (tertiary/aromatic N) is 6. The van der Waals surface area contributed by atoms with Gasteiger partial charge in [0.15, 0.2) is 11.2 Å². The first-order chi connectivity index (χ1) is 15.9. The Morgan fingerprint density at radius 3 is 2.64 bits per heavy atom. The summed E-state index contributed by atoms with van der Waals surface area (Å²) in [6, 6.07) is 13.7. The third-order valence-corrected chi connectivity index (χ3v) is 6.37. The summed E-state index contributed by atoms with van der Waals surface area (Å²) in [5.41, 5.74) is 1.77. The van der Waals surface area contributed by atoms with Crippen LogP contribution in [0.2, 0.25) is 0 Å². The van der Waals surface area contributed by atoms with Crippen LogP contribution < -0.4 is 16.3 Å². The minimum absolute atomic E-state index is 0.167. The van der Waals surface area contributed by atoms with E-state index >= 15 is 0 Å². The number of hydrogen-bond acceptors (Lipinski definition) is 6. The molecule has 3 heterocycles. The zero-order valence-corrected chi connectivity index (χ0v) is 19.1. The molecule has 0 fully saturated rings. The Kier molecular flexibility index (Phi) is 5.13. The lowest BCUT2D eigenvalue weighted by atomic mass is 10.0. The van der Waals surface area contributed by atoms with E-state index in [1.54, 1.807) is 19.2 Å². The Morgan fingerprint density at radius 2 is 1.85 bits per heavy atom. The molecule has 0 unspecified atom stereocenters. The van der Waals surface area contributed by atoms with Crippen molar-refractivity contribution < 1.29 is 4.74 Å². The molecule has 0 N–H and O–H groups in total. The van der Waals surface area contributed by atoms with Crippen molar-refractivity contribution >= 4 is 33.6 Å². The molecule has 0 aliphatic carbocycles. The summed E-state index contributed by atoms with van der Waals surface area (Å²) >= 11 is 0. The average molecular weight is 447 g/mol. The molecular formula is C24H26N6O3. The number of aromatic nitrogens is 4. The molecule has 0 saturated carbocycles. The van der Waals surface area contributed by atoms with Gasteiger partial charge in [-0.05, 0) is 30.2 Å². The van der Waals surface area contributed by atoms with Gasteiger partial charge in [-0.2, -0.15) is 10.1 Å². The fourth-order valence-electron chi connectivity index (χ4n) is 4.45. The van der Waals surface area contributed by atoms with Gasteiger partial charge in [0.05, 0.1) is 31.4 Å². The Bertz CT molecular complexity index is 1520. The number of imidazole rings is 1. The molecule has 1 aliphatic rings. The Hall–Kier alpha value is -3.72. The highest BCUT2D eigenvalue weighted by molar-refractivity contribution is 5.91. The maximum absolute atomic E-state index is 13.8. The smallest absolute Gasteiger partial charge is 0.332 e. The average Bonchev–Trinajstić information content (AvgIpc) is 3.23. The fourth-order valence-corrected chi connectivity index (χ4v) is 4.45. The predicted molar refractivity (Wildman–Crippen MR) is 129 cm³/mol. The number of anilines is 1. The molecule has 4 aromatic rings. The summed E-state index contributed by atoms with van der Waals surface area (Å²) in [6.45, 7) is 5.03. The molecule has 9 nitrogen and oxygen atoms in total. The van der Waals surface area contributed by atoms with E-state index in [4.69, 9.17) is 4.74 Å². The van der Waals surface area contributed by atoms with E-state index in [1.165, 1.54) is 9.13 Å². The number of aryl methyl sites for hydroxylation is 1. The summed E-state index contributed by atoms with van der Waals surface area (Å²) in [7, 11) is 3.28. The first kappa shape index (κ1) is 21.1. The number of hydrazone groups is 1. The monoisotopic (exact) mass is 446 g/mol. The Balaban J connectivity index is 1.73. The maximum atomic E-state index is 13.8. The highest BCUT2D eigenvalue weighted by Gasteiger charge is 2.30. The lowest BCUT2D eigenvalue weighted by molar-refractivity contribution is 0.204. The van der Waals surface area contributed by atoms with Crippen LogP contribution in [0.3, 0.4) is 0 Å². The molecular weight excluding hydrogens is 420 g/mol. The van der Waals surface area contributed by atoms with Crippen molar-refractivity contribution in [3.05, 3.63) is 68.9 Å². The first-order valence-corrected chi connectivity index (χ1v) is 10.9. The van der Waals surface area contributed by atoms with Crippen LogP contribution in [0.5, 0.6) is 0 Å². The third kappa shape index (κ3) is 3.27. The van der Waals surface area contributed by atoms with E-state index in [1.807, 2.05) is 60.9 Å². The van der Waals surface area contributed by atoms with Crippen molar-refractivity contribution in [2.75, 3.05) is 25.3 Å². The van der Waals surface area contributed by atoms with Gasteiger partial charge in [-0.3, -0.25) is 18.5 Å². The molecule has 2 aromatic carbocycles. The van der Waals surface area contributed by atoms with Crippen molar-refractivity contribution in [1.29, 1.82) is 0 Å². The molecule has 0 amide bonds. The zero-order valence-electron chi connectivity index (χ0n) is 19.1. The van der Waals surface area contributed by atoms with Gasteiger partial charge >= 0.3 is 5.69 Å². The molecule has 5 rings (SSSR count). The van der Waals surface area contributed by atoms with Gasteiger partial charge < -0.3 is 4.74 Å². The molecule has 2 aromatic heterocycles. The van der Waals surface area contributed by atoms with E-state index in [2.05, 4.69) is 10.1 Å². The summed E-state index contributed by atoms with van der Waals surface area (Å²) < 4.78 is 9.84. The predicted octanol–water partition coefficient (Wildman–Crippen LogP) is 2.50. The molecule has 0 spiro atoms. The van der Waals surface area contributed by atoms with Crippen LogP contribution in [-0.2, 0) is 18.3 Å². The molecule has 0 radical (unpaired) electrons. The van der Waals surface area contributed by atoms with E-state index in [9.17, 15) is 9.59 Å². The number of ether oxygens (including phenoxy) is 1. The highest BCUT2D eigenvalue weighted by atomic mass is 16.5. The molecule has 9 heteroatoms. The second kappa shape index (κ2) is 8.00. The summed E-state index contributed by atoms with van der Waals surface area (Å²) in [6.07, 6.45) is 0. The van der Waals surface area contributed by atoms with Crippen LogP contribution in [-0.4, -0.2) is 44.7 Å². The summed E-state index contributed by atoms with van der Waals surface area (Å²) in [4.78, 5) is 31.7. The van der Waals surface area contributed by atoms with Gasteiger partial charge in [0, 0.05) is 14.2 Å². The van der Waals surface area contributed by atoms with Crippen LogP contribution in [0.25, 0.3) is 21.9 Å². The molecule has 33 heavy (non-hydrogen) atoms. The van der Waals surface area contributed by atoms with Gasteiger partial charge in [-0.15, -0.1) is 0 Å². The summed E-state index contributed by atoms with van der Waals surface area (Å²) in [5, 5.41) is 8.45. The van der Waals surface area contributed by atoms with Crippen molar-refractivity contribution in [3.8, 4) is 0 Å². The SMILES string of the molecule is COCCN1N=C(C)[C@H](C)n2c1nc1c2c(=O)n(Cc2cccc3ccccc23)c(=O)n1C. The maximum Gasteiger partial charge on any atom is 0.332 e. The van der Waals surface area contributed by atoms with Crippen LogP contribution in [0.4, 0.5) is 5.95 Å². The minimum atomic E-state index is -0.399. The van der Waals surface area contributed by atoms with Crippen molar-refractivity contribution in [2.24, 2.45) is 12.1 Å². The Morgan fingerprint density at radius 1 is 1.09 bits per heavy atom. The molecule has 0 bridgehead atoms. The van der Waals surface area contributed by atoms with Crippen molar-refractivity contribution in [2.45, 2.75) is 26.4 Å². The zero-order chi connectivity index (χ0) is 23.3. The van der Waals surface area contributed by atoms with Crippen molar-refractivity contribution in [3.63, 3.8) is 0 Å². The van der Waals surface area contributed by atoms with Gasteiger partial charge in [-0.1, -0.05) is 42.5 Å². The van der Waals surface area contributed by atoms with E-state index in [0.717, 1.165) is 22.0 Å². The van der Waals surface area contributed by atoms with Crippen molar-refractivity contribution in [1.82, 2.24) is 18.7 Å². The van der Waals surface area contributed by atoms with Crippen LogP contribution in [0, 0.1) is 0 Å². The Labute approximate surface area is 190 Å². The van der Waals surface area contributed by atoms with Gasteiger partial charge in [-0.25, -0.2) is 9.80 Å². The molecule has 0 saturated heterocycles. The second-order valence-electron chi connectivity index (χ2n) is 8.36. The standard InChI is InChI=1S/C24H26N6O3/c1-15-16(2)30-20-21(25-23(30)29(26-15)12-13-33-4)27(3)24(32)28(22(20)31)14-18-10-7-9-17-8-5-6-11-19(17)18/h5-11,16H,12-14H2,1-4H3/t16-/m0/s1. The van der Waals surface area contributed by atoms with Gasteiger partial charge in [0.1, 0.15) is 0 Å². The minimum Gasteiger partial charge on any atom is -0.383 e. The number of fused-ring (bicyclic) bond motifs is 4. The lowest BCUT2D eigenvalue weighted by Gasteiger charge is -2.29. The molecule has 170 valence electrons. The van der Waals surface area contributed by atoms with E-state index in [-0.39, 0.29) is 18.1 Å². The fraction of sp³-hybridized carbons (Fsp3) is 0.333. The topological polar surface area (TPSA) is 86.7 Å². The van der Waals surface area contributed by atoms with E-state index < -0.39 is 5.69 Å². The van der Waals surface area contributed by atoms with Gasteiger partial charge in [0.2, 0.25) is 5.95 Å². The first-order valence-electron chi connectivity index (χ1n) is 10.9. The van der Waals surface area contributed by atoms with Crippen LogP contribution >= 0.6 is 0 Å².